The van der Waals surface area contributed by atoms with Gasteiger partial charge in [0.1, 0.15) is 0 Å². The first-order chi connectivity index (χ1) is 9.80. The van der Waals surface area contributed by atoms with E-state index in [4.69, 9.17) is 0 Å². The molecule has 1 rings (SSSR count). The Hall–Kier alpha value is -0.280. The number of unbranched alkanes of at least 4 members (excludes halogenated alkanes) is 4. The molecule has 0 saturated carbocycles. The number of hydrogen-bond acceptors (Lipinski definition) is 3. The molecule has 0 amide bonds. The highest BCUT2D eigenvalue weighted by molar-refractivity contribution is 8.01. The molecule has 0 aliphatic rings. The van der Waals surface area contributed by atoms with E-state index in [1.165, 1.54) is 61.3 Å². The molecule has 0 N–H and O–H groups in total. The molecular formula is C17H28OS2. The molecule has 3 heteroatoms. The molecular weight excluding hydrogens is 284 g/mol. The Kier molecular flexibility index (Phi) is 10.1. The summed E-state index contributed by atoms with van der Waals surface area (Å²) in [4.78, 5) is 11.6. The van der Waals surface area contributed by atoms with Crippen molar-refractivity contribution >= 4 is 29.4 Å². The highest BCUT2D eigenvalue weighted by Gasteiger charge is 2.10. The van der Waals surface area contributed by atoms with Gasteiger partial charge in [-0.3, -0.25) is 4.79 Å². The first-order valence-corrected chi connectivity index (χ1v) is 9.78. The van der Waals surface area contributed by atoms with Crippen LogP contribution in [0, 0.1) is 5.92 Å². The zero-order valence-electron chi connectivity index (χ0n) is 12.9. The summed E-state index contributed by atoms with van der Waals surface area (Å²) >= 11 is 3.56. The number of carbonyl (C=O) groups is 1. The fraction of sp³-hybridized carbons (Fsp3) is 0.706. The number of thiophene rings is 1. The summed E-state index contributed by atoms with van der Waals surface area (Å²) < 4.78 is 1.29. The summed E-state index contributed by atoms with van der Waals surface area (Å²) in [5, 5.41) is 0. The van der Waals surface area contributed by atoms with Gasteiger partial charge < -0.3 is 0 Å². The SMILES string of the molecule is CCCCCCC(CCCC)CSc1ccc(C=O)s1. The molecule has 0 aromatic carbocycles. The summed E-state index contributed by atoms with van der Waals surface area (Å²) in [5.41, 5.74) is 0. The van der Waals surface area contributed by atoms with E-state index >= 15 is 0 Å². The largest absolute Gasteiger partial charge is 0.297 e. The van der Waals surface area contributed by atoms with Crippen molar-refractivity contribution in [2.75, 3.05) is 5.75 Å². The molecule has 1 aromatic heterocycles. The Morgan fingerprint density at radius 2 is 1.85 bits per heavy atom. The Bertz CT molecular complexity index is 360. The predicted octanol–water partition coefficient (Wildman–Crippen LogP) is 6.43. The lowest BCUT2D eigenvalue weighted by Gasteiger charge is -2.15. The van der Waals surface area contributed by atoms with Crippen LogP contribution >= 0.6 is 23.1 Å². The molecule has 1 heterocycles. The second-order valence-corrected chi connectivity index (χ2v) is 7.88. The number of thioether (sulfide) groups is 1. The number of carbonyl (C=O) groups excluding carboxylic acids is 1. The molecule has 1 nitrogen and oxygen atoms in total. The zero-order chi connectivity index (χ0) is 14.6. The number of rotatable bonds is 12. The summed E-state index contributed by atoms with van der Waals surface area (Å²) in [6, 6.07) is 4.02. The van der Waals surface area contributed by atoms with Gasteiger partial charge in [0.2, 0.25) is 0 Å². The minimum Gasteiger partial charge on any atom is -0.297 e. The van der Waals surface area contributed by atoms with Crippen molar-refractivity contribution in [3.05, 3.63) is 17.0 Å². The highest BCUT2D eigenvalue weighted by atomic mass is 32.2. The molecule has 1 unspecified atom stereocenters. The van der Waals surface area contributed by atoms with Crippen LogP contribution in [0.2, 0.25) is 0 Å². The van der Waals surface area contributed by atoms with Crippen molar-refractivity contribution in [3.63, 3.8) is 0 Å². The minimum atomic E-state index is 0.846. The lowest BCUT2D eigenvalue weighted by Crippen LogP contribution is -2.04. The lowest BCUT2D eigenvalue weighted by atomic mass is 9.97. The molecule has 0 fully saturated rings. The van der Waals surface area contributed by atoms with Crippen LogP contribution < -0.4 is 0 Å². The third-order valence-electron chi connectivity index (χ3n) is 3.61. The van der Waals surface area contributed by atoms with Crippen LogP contribution in [0.15, 0.2) is 16.3 Å². The molecule has 1 aromatic rings. The van der Waals surface area contributed by atoms with Gasteiger partial charge in [-0.2, -0.15) is 0 Å². The van der Waals surface area contributed by atoms with Crippen LogP contribution in [0.4, 0.5) is 0 Å². The van der Waals surface area contributed by atoms with Crippen LogP contribution in [0.5, 0.6) is 0 Å². The van der Waals surface area contributed by atoms with Gasteiger partial charge in [0.15, 0.2) is 6.29 Å². The topological polar surface area (TPSA) is 17.1 Å². The molecule has 0 spiro atoms. The first kappa shape index (κ1) is 17.8. The van der Waals surface area contributed by atoms with Gasteiger partial charge in [0, 0.05) is 5.75 Å². The maximum absolute atomic E-state index is 10.7. The quantitative estimate of drug-likeness (QED) is 0.251. The maximum Gasteiger partial charge on any atom is 0.160 e. The van der Waals surface area contributed by atoms with Crippen molar-refractivity contribution < 1.29 is 4.79 Å². The molecule has 1 atom stereocenters. The average molecular weight is 313 g/mol. The van der Waals surface area contributed by atoms with Crippen LogP contribution in [-0.4, -0.2) is 12.0 Å². The summed E-state index contributed by atoms with van der Waals surface area (Å²) in [6.07, 6.45) is 11.8. The van der Waals surface area contributed by atoms with Gasteiger partial charge in [-0.1, -0.05) is 52.4 Å². The maximum atomic E-state index is 10.7. The third kappa shape index (κ3) is 7.49. The number of hydrogen-bond donors (Lipinski definition) is 0. The Morgan fingerprint density at radius 1 is 1.10 bits per heavy atom. The van der Waals surface area contributed by atoms with Gasteiger partial charge in [-0.25, -0.2) is 0 Å². The van der Waals surface area contributed by atoms with E-state index in [1.54, 1.807) is 11.3 Å². The van der Waals surface area contributed by atoms with E-state index in [0.717, 1.165) is 17.1 Å². The van der Waals surface area contributed by atoms with E-state index in [0.29, 0.717) is 0 Å². The smallest absolute Gasteiger partial charge is 0.160 e. The minimum absolute atomic E-state index is 0.846. The third-order valence-corrected chi connectivity index (χ3v) is 6.08. The van der Waals surface area contributed by atoms with Crippen molar-refractivity contribution in [1.82, 2.24) is 0 Å². The molecule has 0 saturated heterocycles. The van der Waals surface area contributed by atoms with Crippen LogP contribution in [0.1, 0.15) is 74.9 Å². The van der Waals surface area contributed by atoms with E-state index < -0.39 is 0 Å². The molecule has 0 radical (unpaired) electrons. The number of aldehydes is 1. The Morgan fingerprint density at radius 3 is 2.50 bits per heavy atom. The standard InChI is InChI=1S/C17H28OS2/c1-3-5-7-8-10-15(9-6-4-2)14-19-17-12-11-16(13-18)20-17/h11-13,15H,3-10,14H2,1-2H3. The second-order valence-electron chi connectivity index (χ2n) is 5.44. The van der Waals surface area contributed by atoms with Crippen LogP contribution in [-0.2, 0) is 0 Å². The fourth-order valence-electron chi connectivity index (χ4n) is 2.34. The van der Waals surface area contributed by atoms with Crippen molar-refractivity contribution in [1.29, 1.82) is 0 Å². The Balaban J connectivity index is 2.32. The van der Waals surface area contributed by atoms with Gasteiger partial charge in [-0.15, -0.1) is 23.1 Å². The monoisotopic (exact) mass is 312 g/mol. The van der Waals surface area contributed by atoms with E-state index in [9.17, 15) is 4.79 Å². The van der Waals surface area contributed by atoms with Crippen molar-refractivity contribution in [3.8, 4) is 0 Å². The average Bonchev–Trinajstić information content (AvgIpc) is 2.93. The van der Waals surface area contributed by atoms with Gasteiger partial charge in [-0.05, 0) is 30.9 Å². The van der Waals surface area contributed by atoms with E-state index in [2.05, 4.69) is 19.9 Å². The summed E-state index contributed by atoms with van der Waals surface area (Å²) in [7, 11) is 0. The summed E-state index contributed by atoms with van der Waals surface area (Å²) in [5.74, 6) is 2.06. The molecule has 0 bridgehead atoms. The van der Waals surface area contributed by atoms with E-state index in [-0.39, 0.29) is 0 Å². The fourth-order valence-corrected chi connectivity index (χ4v) is 4.52. The lowest BCUT2D eigenvalue weighted by molar-refractivity contribution is 0.112. The van der Waals surface area contributed by atoms with Crippen molar-refractivity contribution in [2.24, 2.45) is 5.92 Å². The zero-order valence-corrected chi connectivity index (χ0v) is 14.5. The molecule has 0 aliphatic carbocycles. The van der Waals surface area contributed by atoms with Crippen molar-refractivity contribution in [2.45, 2.75) is 69.4 Å². The van der Waals surface area contributed by atoms with Gasteiger partial charge >= 0.3 is 0 Å². The predicted molar refractivity (Wildman–Crippen MR) is 92.2 cm³/mol. The Labute approximate surface area is 132 Å². The van der Waals surface area contributed by atoms with Crippen LogP contribution in [0.25, 0.3) is 0 Å². The van der Waals surface area contributed by atoms with Gasteiger partial charge in [0.05, 0.1) is 9.09 Å². The first-order valence-electron chi connectivity index (χ1n) is 7.98. The highest BCUT2D eigenvalue weighted by Crippen LogP contribution is 2.31. The molecule has 0 aliphatic heterocycles. The van der Waals surface area contributed by atoms with Crippen LogP contribution in [0.3, 0.4) is 0 Å². The second kappa shape index (κ2) is 11.4. The summed E-state index contributed by atoms with van der Waals surface area (Å²) in [6.45, 7) is 4.54. The van der Waals surface area contributed by atoms with Gasteiger partial charge in [0.25, 0.3) is 0 Å². The molecule has 114 valence electrons. The normalized spacial score (nSPS) is 12.5. The van der Waals surface area contributed by atoms with E-state index in [1.807, 2.05) is 17.8 Å². The molecule has 20 heavy (non-hydrogen) atoms.